The van der Waals surface area contributed by atoms with Gasteiger partial charge in [-0.2, -0.15) is 10.2 Å². The Morgan fingerprint density at radius 1 is 0.882 bits per heavy atom. The molecule has 0 amide bonds. The molecule has 0 unspecified atom stereocenters. The van der Waals surface area contributed by atoms with Gasteiger partial charge in [0.1, 0.15) is 12.8 Å². The van der Waals surface area contributed by atoms with Gasteiger partial charge in [0, 0.05) is 33.9 Å². The molecule has 0 aliphatic carbocycles. The normalized spacial score (nSPS) is 10.3. The number of fused-ring (bicyclic) bond motifs is 2. The first-order chi connectivity index (χ1) is 16.1. The number of aromatic amines is 1. The Morgan fingerprint density at radius 3 is 2.21 bits per heavy atom. The van der Waals surface area contributed by atoms with Crippen molar-refractivity contribution >= 4 is 65.3 Å². The summed E-state index contributed by atoms with van der Waals surface area (Å²) >= 11 is 12.0. The van der Waals surface area contributed by atoms with Gasteiger partial charge in [-0.25, -0.2) is 4.68 Å². The second kappa shape index (κ2) is 17.8. The van der Waals surface area contributed by atoms with Crippen molar-refractivity contribution in [1.82, 2.24) is 20.0 Å². The molecule has 0 atom stereocenters. The number of ether oxygens (including phenoxy) is 4. The van der Waals surface area contributed by atoms with E-state index in [0.29, 0.717) is 33.2 Å². The van der Waals surface area contributed by atoms with E-state index in [4.69, 9.17) is 25.8 Å². The van der Waals surface area contributed by atoms with E-state index in [-0.39, 0.29) is 13.5 Å². The van der Waals surface area contributed by atoms with Crippen molar-refractivity contribution in [3.8, 4) is 0 Å². The first-order valence-corrected chi connectivity index (χ1v) is 12.1. The predicted molar refractivity (Wildman–Crippen MR) is 144 cm³/mol. The SMILES string of the molecule is Brc1ccc2[nH]ncc2c1.C.COCCOCCl.COCCOCn1ncc2cc(Br)ccc21. The molecule has 1 N–H and O–H groups in total. The van der Waals surface area contributed by atoms with Gasteiger partial charge in [0.15, 0.2) is 0 Å². The maximum atomic E-state index is 5.42. The van der Waals surface area contributed by atoms with Crippen molar-refractivity contribution < 1.29 is 18.9 Å². The molecule has 0 radical (unpaired) electrons. The fraction of sp³-hybridized carbons (Fsp3) is 0.391. The van der Waals surface area contributed by atoms with Crippen LogP contribution in [-0.4, -0.2) is 66.7 Å². The van der Waals surface area contributed by atoms with Crippen molar-refractivity contribution in [3.63, 3.8) is 0 Å². The average molecular weight is 623 g/mol. The fourth-order valence-corrected chi connectivity index (χ4v) is 3.43. The Hall–Kier alpha value is -1.53. The molecule has 0 saturated heterocycles. The Bertz CT molecular complexity index is 1070. The monoisotopic (exact) mass is 620 g/mol. The van der Waals surface area contributed by atoms with E-state index in [1.165, 1.54) is 0 Å². The van der Waals surface area contributed by atoms with Gasteiger partial charge in [-0.05, 0) is 36.4 Å². The number of halogens is 3. The second-order valence-corrected chi connectivity index (χ2v) is 8.54. The largest absolute Gasteiger partial charge is 0.382 e. The zero-order chi connectivity index (χ0) is 23.9. The third-order valence-corrected chi connectivity index (χ3v) is 5.30. The predicted octanol–water partition coefficient (Wildman–Crippen LogP) is 6.23. The number of nitrogens with one attached hydrogen (secondary N) is 1. The molecule has 0 fully saturated rings. The highest BCUT2D eigenvalue weighted by molar-refractivity contribution is 9.10. The van der Waals surface area contributed by atoms with Crippen LogP contribution in [0.25, 0.3) is 21.8 Å². The number of aromatic nitrogens is 4. The summed E-state index contributed by atoms with van der Waals surface area (Å²) in [6.45, 7) is 2.83. The van der Waals surface area contributed by atoms with Gasteiger partial charge in [0.25, 0.3) is 0 Å². The second-order valence-electron chi connectivity index (χ2n) is 6.49. The molecule has 34 heavy (non-hydrogen) atoms. The highest BCUT2D eigenvalue weighted by Gasteiger charge is 2.02. The van der Waals surface area contributed by atoms with Gasteiger partial charge in [-0.3, -0.25) is 5.10 Å². The average Bonchev–Trinajstić information content (AvgIpc) is 3.44. The topological polar surface area (TPSA) is 83.4 Å². The lowest BCUT2D eigenvalue weighted by atomic mass is 10.3. The number of rotatable bonds is 9. The van der Waals surface area contributed by atoms with E-state index in [9.17, 15) is 0 Å². The van der Waals surface area contributed by atoms with E-state index in [1.54, 1.807) is 20.4 Å². The van der Waals surface area contributed by atoms with Crippen molar-refractivity contribution in [3.05, 3.63) is 57.7 Å². The molecule has 0 spiro atoms. The zero-order valence-electron chi connectivity index (χ0n) is 18.5. The molecule has 4 rings (SSSR count). The lowest BCUT2D eigenvalue weighted by molar-refractivity contribution is 0.0308. The van der Waals surface area contributed by atoms with Gasteiger partial charge in [0.05, 0.1) is 49.9 Å². The van der Waals surface area contributed by atoms with Crippen molar-refractivity contribution in [1.29, 1.82) is 0 Å². The van der Waals surface area contributed by atoms with E-state index in [0.717, 1.165) is 30.8 Å². The zero-order valence-corrected chi connectivity index (χ0v) is 22.4. The number of methoxy groups -OCH3 is 2. The van der Waals surface area contributed by atoms with Crippen LogP contribution in [0.15, 0.2) is 57.7 Å². The summed E-state index contributed by atoms with van der Waals surface area (Å²) in [5, 5.41) is 13.3. The quantitative estimate of drug-likeness (QED) is 0.176. The molecule has 2 aromatic heterocycles. The smallest absolute Gasteiger partial charge is 0.140 e. The lowest BCUT2D eigenvalue weighted by Gasteiger charge is -2.04. The summed E-state index contributed by atoms with van der Waals surface area (Å²) in [6.07, 6.45) is 3.64. The van der Waals surface area contributed by atoms with Gasteiger partial charge in [0.2, 0.25) is 0 Å². The molecule has 11 heteroatoms. The van der Waals surface area contributed by atoms with Gasteiger partial charge < -0.3 is 18.9 Å². The first kappa shape index (κ1) is 30.5. The van der Waals surface area contributed by atoms with Crippen LogP contribution in [0.3, 0.4) is 0 Å². The Morgan fingerprint density at radius 2 is 1.53 bits per heavy atom. The summed E-state index contributed by atoms with van der Waals surface area (Å²) in [5.41, 5.74) is 2.14. The van der Waals surface area contributed by atoms with E-state index in [2.05, 4.69) is 51.9 Å². The number of alkyl halides is 1. The number of hydrogen-bond donors (Lipinski definition) is 1. The van der Waals surface area contributed by atoms with Crippen LogP contribution in [0.5, 0.6) is 0 Å². The Labute approximate surface area is 222 Å². The third kappa shape index (κ3) is 10.8. The number of benzene rings is 2. The van der Waals surface area contributed by atoms with Crippen molar-refractivity contribution in [2.45, 2.75) is 14.2 Å². The van der Waals surface area contributed by atoms with Gasteiger partial charge in [-0.15, -0.1) is 0 Å². The summed E-state index contributed by atoms with van der Waals surface area (Å²) in [6, 6.07) is 12.3. The minimum atomic E-state index is 0. The van der Waals surface area contributed by atoms with Crippen LogP contribution >= 0.6 is 43.5 Å². The number of nitrogens with zero attached hydrogens (tertiary/aromatic N) is 3. The van der Waals surface area contributed by atoms with Crippen LogP contribution in [0, 0.1) is 0 Å². The molecule has 8 nitrogen and oxygen atoms in total. The van der Waals surface area contributed by atoms with E-state index >= 15 is 0 Å². The fourth-order valence-electron chi connectivity index (χ4n) is 2.56. The third-order valence-electron chi connectivity index (χ3n) is 4.16. The lowest BCUT2D eigenvalue weighted by Crippen LogP contribution is -2.08. The summed E-state index contributed by atoms with van der Waals surface area (Å²) in [5.74, 6) is 0. The van der Waals surface area contributed by atoms with Gasteiger partial charge in [-0.1, -0.05) is 50.9 Å². The van der Waals surface area contributed by atoms with Crippen LogP contribution in [0.2, 0.25) is 0 Å². The molecule has 2 heterocycles. The minimum absolute atomic E-state index is 0. The highest BCUT2D eigenvalue weighted by atomic mass is 79.9. The minimum Gasteiger partial charge on any atom is -0.382 e. The Balaban J connectivity index is 0.000000276. The van der Waals surface area contributed by atoms with Crippen LogP contribution < -0.4 is 0 Å². The maximum Gasteiger partial charge on any atom is 0.140 e. The summed E-state index contributed by atoms with van der Waals surface area (Å²) in [7, 11) is 3.28. The molecule has 0 aliphatic heterocycles. The first-order valence-electron chi connectivity index (χ1n) is 9.98. The summed E-state index contributed by atoms with van der Waals surface area (Å²) < 4.78 is 23.7. The molecule has 188 valence electrons. The maximum absolute atomic E-state index is 5.42. The molecule has 4 aromatic rings. The molecule has 0 saturated carbocycles. The molecular formula is C23H31Br2ClN4O4. The standard InChI is InChI=1S/C11H13BrN2O2.C7H5BrN2.C4H9ClO2.CH4/c1-15-4-5-16-8-14-11-3-2-10(12)6-9(11)7-13-14;8-6-1-2-7-5(3-6)4-9-10-7;1-6-2-3-7-4-5;/h2-3,6-7H,4-5,8H2,1H3;1-4H,(H,9,10);2-4H2,1H3;1H4. The molecule has 0 aliphatic rings. The van der Waals surface area contributed by atoms with Gasteiger partial charge >= 0.3 is 0 Å². The van der Waals surface area contributed by atoms with Crippen LogP contribution in [-0.2, 0) is 25.7 Å². The van der Waals surface area contributed by atoms with Crippen molar-refractivity contribution in [2.75, 3.05) is 46.7 Å². The molecular weight excluding hydrogens is 592 g/mol. The van der Waals surface area contributed by atoms with Crippen LogP contribution in [0.1, 0.15) is 7.43 Å². The number of H-pyrrole nitrogens is 1. The van der Waals surface area contributed by atoms with Crippen molar-refractivity contribution in [2.24, 2.45) is 0 Å². The summed E-state index contributed by atoms with van der Waals surface area (Å²) in [4.78, 5) is 0. The Kier molecular flexibility index (Phi) is 16.0. The van der Waals surface area contributed by atoms with E-state index in [1.807, 2.05) is 47.3 Å². The highest BCUT2D eigenvalue weighted by Crippen LogP contribution is 2.19. The van der Waals surface area contributed by atoms with E-state index < -0.39 is 0 Å². The molecule has 2 aromatic carbocycles. The number of hydrogen-bond acceptors (Lipinski definition) is 6. The molecule has 0 bridgehead atoms. The van der Waals surface area contributed by atoms with Crippen LogP contribution in [0.4, 0.5) is 0 Å².